The zero-order valence-corrected chi connectivity index (χ0v) is 19.7. The first kappa shape index (κ1) is 24.3. The summed E-state index contributed by atoms with van der Waals surface area (Å²) in [5, 5.41) is 10.0. The molecule has 0 unspecified atom stereocenters. The molecule has 7 nitrogen and oxygen atoms in total. The lowest BCUT2D eigenvalue weighted by atomic mass is 10.0. The summed E-state index contributed by atoms with van der Waals surface area (Å²) >= 11 is 0. The standard InChI is InChI=1S/C25H15F4N3O4S/c1-32-20-9-17(14-3-2-4-15(8-14)37(29,34)35)21(36-12-25(26,27)28)10-18(20)23(33)22-16-6-5-13(11-30)7-19(16)31-24(22)32/h2-10,31H,12H2,1H3. The van der Waals surface area contributed by atoms with Crippen LogP contribution < -0.4 is 10.2 Å². The SMILES string of the molecule is Cn1c2cc(-c3cccc(S(=O)(=O)F)c3)c(OCC(F)(F)F)cc2c(=O)c2c3ccc(C#N)cc3[nH]c21. The van der Waals surface area contributed by atoms with Crippen LogP contribution in [0, 0.1) is 11.3 Å². The molecule has 0 fully saturated rings. The quantitative estimate of drug-likeness (QED) is 0.251. The molecule has 188 valence electrons. The van der Waals surface area contributed by atoms with E-state index >= 15 is 0 Å². The van der Waals surface area contributed by atoms with Crippen LogP contribution in [0.4, 0.5) is 17.1 Å². The number of fused-ring (bicyclic) bond motifs is 4. The maximum atomic E-state index is 13.6. The summed E-state index contributed by atoms with van der Waals surface area (Å²) in [6.45, 7) is -1.67. The zero-order valence-electron chi connectivity index (χ0n) is 18.9. The van der Waals surface area contributed by atoms with Gasteiger partial charge >= 0.3 is 16.4 Å². The molecule has 0 aliphatic heterocycles. The van der Waals surface area contributed by atoms with Gasteiger partial charge in [-0.2, -0.15) is 26.9 Å². The lowest BCUT2D eigenvalue weighted by Gasteiger charge is -2.16. The van der Waals surface area contributed by atoms with Gasteiger partial charge in [0.25, 0.3) is 0 Å². The van der Waals surface area contributed by atoms with Crippen LogP contribution >= 0.6 is 0 Å². The first-order valence-electron chi connectivity index (χ1n) is 10.6. The Bertz CT molecular complexity index is 1950. The minimum absolute atomic E-state index is 0.0273. The Morgan fingerprint density at radius 1 is 1.08 bits per heavy atom. The number of rotatable bonds is 4. The van der Waals surface area contributed by atoms with Gasteiger partial charge in [0, 0.05) is 23.5 Å². The number of nitrogens with zero attached hydrogens (tertiary/aromatic N) is 2. The summed E-state index contributed by atoms with van der Waals surface area (Å²) in [6, 6.07) is 13.9. The van der Waals surface area contributed by atoms with E-state index in [9.17, 15) is 35.5 Å². The fraction of sp³-hybridized carbons (Fsp3) is 0.120. The van der Waals surface area contributed by atoms with Crippen molar-refractivity contribution < 1.29 is 30.2 Å². The minimum atomic E-state index is -5.09. The van der Waals surface area contributed by atoms with E-state index in [-0.39, 0.29) is 27.6 Å². The number of aromatic amines is 1. The molecule has 0 saturated carbocycles. The Morgan fingerprint density at radius 2 is 1.84 bits per heavy atom. The Kier molecular flexibility index (Phi) is 5.49. The van der Waals surface area contributed by atoms with Crippen molar-refractivity contribution in [1.82, 2.24) is 9.55 Å². The van der Waals surface area contributed by atoms with Crippen LogP contribution in [-0.4, -0.2) is 30.8 Å². The molecule has 2 aromatic heterocycles. The van der Waals surface area contributed by atoms with Crippen LogP contribution in [0.3, 0.4) is 0 Å². The molecule has 5 aromatic rings. The van der Waals surface area contributed by atoms with Crippen LogP contribution in [-0.2, 0) is 17.3 Å². The van der Waals surface area contributed by atoms with E-state index in [1.165, 1.54) is 18.2 Å². The maximum absolute atomic E-state index is 13.6. The van der Waals surface area contributed by atoms with Crippen molar-refractivity contribution in [3.05, 3.63) is 70.4 Å². The number of ether oxygens (including phenoxy) is 1. The number of aromatic nitrogens is 2. The number of nitrogens with one attached hydrogen (secondary N) is 1. The average Bonchev–Trinajstić information content (AvgIpc) is 3.24. The summed E-state index contributed by atoms with van der Waals surface area (Å²) < 4.78 is 82.2. The van der Waals surface area contributed by atoms with Crippen LogP contribution in [0.15, 0.2) is 64.3 Å². The first-order valence-corrected chi connectivity index (χ1v) is 12.0. The number of benzene rings is 3. The molecule has 0 spiro atoms. The molecule has 0 amide bonds. The van der Waals surface area contributed by atoms with Crippen molar-refractivity contribution in [3.63, 3.8) is 0 Å². The zero-order chi connectivity index (χ0) is 26.7. The monoisotopic (exact) mass is 529 g/mol. The number of nitriles is 1. The third-order valence-corrected chi connectivity index (χ3v) is 6.81. The van der Waals surface area contributed by atoms with Crippen LogP contribution in [0.5, 0.6) is 5.75 Å². The van der Waals surface area contributed by atoms with E-state index in [1.807, 2.05) is 6.07 Å². The van der Waals surface area contributed by atoms with Crippen LogP contribution in [0.1, 0.15) is 5.56 Å². The van der Waals surface area contributed by atoms with Crippen molar-refractivity contribution in [2.45, 2.75) is 11.1 Å². The summed E-state index contributed by atoms with van der Waals surface area (Å²) in [6.07, 6.45) is -4.69. The molecule has 0 aliphatic carbocycles. The summed E-state index contributed by atoms with van der Waals surface area (Å²) in [7, 11) is -3.46. The second-order valence-corrected chi connectivity index (χ2v) is 9.69. The number of aryl methyl sites for hydroxylation is 1. The van der Waals surface area contributed by atoms with E-state index in [0.29, 0.717) is 27.6 Å². The molecule has 2 heterocycles. The molecular weight excluding hydrogens is 514 g/mol. The Morgan fingerprint density at radius 3 is 2.51 bits per heavy atom. The fourth-order valence-electron chi connectivity index (χ4n) is 4.34. The normalized spacial score (nSPS) is 12.3. The van der Waals surface area contributed by atoms with Crippen LogP contribution in [0.2, 0.25) is 0 Å². The maximum Gasteiger partial charge on any atom is 0.422 e. The van der Waals surface area contributed by atoms with Gasteiger partial charge in [0.2, 0.25) is 0 Å². The molecule has 0 aliphatic rings. The van der Waals surface area contributed by atoms with E-state index in [1.54, 1.807) is 29.8 Å². The number of alkyl halides is 3. The Labute approximate surface area is 206 Å². The molecule has 5 rings (SSSR count). The Balaban J connectivity index is 1.85. The molecule has 12 heteroatoms. The summed E-state index contributed by atoms with van der Waals surface area (Å²) in [5.74, 6) is -0.332. The molecule has 0 bridgehead atoms. The number of hydrogen-bond donors (Lipinski definition) is 1. The molecule has 0 radical (unpaired) electrons. The van der Waals surface area contributed by atoms with Gasteiger partial charge in [0.15, 0.2) is 12.0 Å². The topological polar surface area (TPSA) is 105 Å². The highest BCUT2D eigenvalue weighted by Gasteiger charge is 2.29. The largest absolute Gasteiger partial charge is 0.483 e. The highest BCUT2D eigenvalue weighted by atomic mass is 32.3. The molecule has 0 saturated heterocycles. The predicted octanol–water partition coefficient (Wildman–Crippen LogP) is 5.31. The van der Waals surface area contributed by atoms with E-state index in [0.717, 1.165) is 18.2 Å². The van der Waals surface area contributed by atoms with E-state index < -0.39 is 33.3 Å². The lowest BCUT2D eigenvalue weighted by Crippen LogP contribution is -2.19. The number of pyridine rings is 1. The van der Waals surface area contributed by atoms with Crippen molar-refractivity contribution in [3.8, 4) is 22.9 Å². The van der Waals surface area contributed by atoms with E-state index in [2.05, 4.69) is 4.98 Å². The average molecular weight is 529 g/mol. The van der Waals surface area contributed by atoms with Gasteiger partial charge in [0.1, 0.15) is 11.4 Å². The van der Waals surface area contributed by atoms with Crippen molar-refractivity contribution >= 4 is 43.1 Å². The van der Waals surface area contributed by atoms with Crippen molar-refractivity contribution in [1.29, 1.82) is 5.26 Å². The first-order chi connectivity index (χ1) is 17.4. The number of hydrogen-bond acceptors (Lipinski definition) is 5. The minimum Gasteiger partial charge on any atom is -0.483 e. The lowest BCUT2D eigenvalue weighted by molar-refractivity contribution is -0.153. The van der Waals surface area contributed by atoms with Gasteiger partial charge in [-0.05, 0) is 42.0 Å². The van der Waals surface area contributed by atoms with Gasteiger partial charge in [-0.15, -0.1) is 3.89 Å². The molecular formula is C25H15F4N3O4S. The van der Waals surface area contributed by atoms with Crippen molar-refractivity contribution in [2.24, 2.45) is 7.05 Å². The third kappa shape index (κ3) is 4.27. The number of halogens is 4. The van der Waals surface area contributed by atoms with Gasteiger partial charge in [0.05, 0.1) is 32.8 Å². The van der Waals surface area contributed by atoms with Crippen LogP contribution in [0.25, 0.3) is 44.0 Å². The summed E-state index contributed by atoms with van der Waals surface area (Å²) in [5.41, 5.74) is 1.20. The van der Waals surface area contributed by atoms with Crippen molar-refractivity contribution in [2.75, 3.05) is 6.61 Å². The van der Waals surface area contributed by atoms with Gasteiger partial charge in [-0.1, -0.05) is 18.2 Å². The fourth-order valence-corrected chi connectivity index (χ4v) is 4.85. The molecule has 37 heavy (non-hydrogen) atoms. The molecule has 1 N–H and O–H groups in total. The predicted molar refractivity (Wildman–Crippen MR) is 129 cm³/mol. The van der Waals surface area contributed by atoms with Gasteiger partial charge < -0.3 is 14.3 Å². The third-order valence-electron chi connectivity index (χ3n) is 5.99. The second kappa shape index (κ2) is 8.35. The van der Waals surface area contributed by atoms with Gasteiger partial charge in [-0.3, -0.25) is 4.79 Å². The Hall–Kier alpha value is -4.37. The second-order valence-electron chi connectivity index (χ2n) is 8.34. The summed E-state index contributed by atoms with van der Waals surface area (Å²) in [4.78, 5) is 16.0. The molecule has 3 aromatic carbocycles. The van der Waals surface area contributed by atoms with Gasteiger partial charge in [-0.25, -0.2) is 0 Å². The molecule has 0 atom stereocenters. The highest BCUT2D eigenvalue weighted by Crippen LogP contribution is 2.37. The number of H-pyrrole nitrogens is 1. The highest BCUT2D eigenvalue weighted by molar-refractivity contribution is 7.86. The van der Waals surface area contributed by atoms with E-state index in [4.69, 9.17) is 4.74 Å². The smallest absolute Gasteiger partial charge is 0.422 e.